The molecule has 0 radical (unpaired) electrons. The second kappa shape index (κ2) is 7.15. The summed E-state index contributed by atoms with van der Waals surface area (Å²) in [6, 6.07) is 13.6. The van der Waals surface area contributed by atoms with Crippen molar-refractivity contribution in [2.24, 2.45) is 0 Å². The van der Waals surface area contributed by atoms with Crippen molar-refractivity contribution in [2.75, 3.05) is 18.1 Å². The fourth-order valence-electron chi connectivity index (χ4n) is 4.15. The molecule has 1 atom stereocenters. The minimum Gasteiger partial charge on any atom is -0.494 e. The largest absolute Gasteiger partial charge is 0.494 e. The molecule has 5 nitrogen and oxygen atoms in total. The first kappa shape index (κ1) is 18.3. The standard InChI is InChI=1S/C23H23NO4/c1-4-27-20-8-6-5-7-17(20)18-12-21(25)24(19-13-28-23(26)22(18)19)16-10-14(2)9-15(3)11-16/h5-11,18H,4,12-13H2,1-3H3/t18-/m1/s1. The van der Waals surface area contributed by atoms with Crippen LogP contribution >= 0.6 is 0 Å². The molecular formula is C23H23NO4. The van der Waals surface area contributed by atoms with Gasteiger partial charge in [-0.05, 0) is 50.1 Å². The van der Waals surface area contributed by atoms with Gasteiger partial charge >= 0.3 is 5.97 Å². The maximum atomic E-state index is 13.2. The summed E-state index contributed by atoms with van der Waals surface area (Å²) in [7, 11) is 0. The van der Waals surface area contributed by atoms with E-state index in [9.17, 15) is 9.59 Å². The molecule has 0 bridgehead atoms. The Labute approximate surface area is 164 Å². The number of cyclic esters (lactones) is 1. The molecular weight excluding hydrogens is 354 g/mol. The average molecular weight is 377 g/mol. The number of rotatable bonds is 4. The van der Waals surface area contributed by atoms with Gasteiger partial charge in [0.1, 0.15) is 12.4 Å². The Morgan fingerprint density at radius 1 is 1.11 bits per heavy atom. The van der Waals surface area contributed by atoms with Crippen molar-refractivity contribution in [2.45, 2.75) is 33.1 Å². The minimum absolute atomic E-state index is 0.0432. The molecule has 0 N–H and O–H groups in total. The molecule has 144 valence electrons. The Morgan fingerprint density at radius 2 is 1.82 bits per heavy atom. The highest BCUT2D eigenvalue weighted by molar-refractivity contribution is 6.06. The number of esters is 1. The second-order valence-electron chi connectivity index (χ2n) is 7.24. The lowest BCUT2D eigenvalue weighted by Gasteiger charge is -2.32. The zero-order valence-electron chi connectivity index (χ0n) is 16.3. The third-order valence-electron chi connectivity index (χ3n) is 5.18. The molecule has 0 saturated heterocycles. The fourth-order valence-corrected chi connectivity index (χ4v) is 4.15. The van der Waals surface area contributed by atoms with E-state index in [0.717, 1.165) is 22.4 Å². The van der Waals surface area contributed by atoms with Crippen molar-refractivity contribution in [1.82, 2.24) is 0 Å². The van der Waals surface area contributed by atoms with Crippen molar-refractivity contribution in [3.8, 4) is 5.75 Å². The number of hydrogen-bond donors (Lipinski definition) is 0. The zero-order valence-corrected chi connectivity index (χ0v) is 16.3. The van der Waals surface area contributed by atoms with Crippen LogP contribution in [-0.2, 0) is 14.3 Å². The summed E-state index contributed by atoms with van der Waals surface area (Å²) in [4.78, 5) is 27.5. The van der Waals surface area contributed by atoms with E-state index >= 15 is 0 Å². The van der Waals surface area contributed by atoms with Crippen LogP contribution in [0.15, 0.2) is 53.7 Å². The molecule has 2 heterocycles. The maximum Gasteiger partial charge on any atom is 0.336 e. The summed E-state index contributed by atoms with van der Waals surface area (Å²) in [5.41, 5.74) is 4.97. The summed E-state index contributed by atoms with van der Waals surface area (Å²) in [5.74, 6) is -0.0527. The predicted octanol–water partition coefficient (Wildman–Crippen LogP) is 4.03. The van der Waals surface area contributed by atoms with Gasteiger partial charge in [-0.25, -0.2) is 4.79 Å². The van der Waals surface area contributed by atoms with Crippen molar-refractivity contribution in [3.05, 3.63) is 70.4 Å². The van der Waals surface area contributed by atoms with Crippen LogP contribution in [0.5, 0.6) is 5.75 Å². The van der Waals surface area contributed by atoms with Crippen LogP contribution in [0.3, 0.4) is 0 Å². The van der Waals surface area contributed by atoms with Gasteiger partial charge in [0.2, 0.25) is 5.91 Å². The molecule has 2 aromatic carbocycles. The van der Waals surface area contributed by atoms with E-state index in [4.69, 9.17) is 9.47 Å². The number of carbonyl (C=O) groups is 2. The first-order valence-corrected chi connectivity index (χ1v) is 9.52. The van der Waals surface area contributed by atoms with E-state index in [2.05, 4.69) is 6.07 Å². The summed E-state index contributed by atoms with van der Waals surface area (Å²) in [6.45, 7) is 6.54. The fraction of sp³-hybridized carbons (Fsp3) is 0.304. The van der Waals surface area contributed by atoms with Crippen molar-refractivity contribution in [1.29, 1.82) is 0 Å². The van der Waals surface area contributed by atoms with E-state index in [1.54, 1.807) is 4.90 Å². The van der Waals surface area contributed by atoms with Gasteiger partial charge < -0.3 is 9.47 Å². The topological polar surface area (TPSA) is 55.8 Å². The van der Waals surface area contributed by atoms with E-state index < -0.39 is 0 Å². The number of ether oxygens (including phenoxy) is 2. The molecule has 0 unspecified atom stereocenters. The molecule has 4 rings (SSSR count). The van der Waals surface area contributed by atoms with Gasteiger partial charge in [0.05, 0.1) is 17.9 Å². The Kier molecular flexibility index (Phi) is 4.67. The quantitative estimate of drug-likeness (QED) is 0.755. The lowest BCUT2D eigenvalue weighted by atomic mass is 9.83. The van der Waals surface area contributed by atoms with Gasteiger partial charge in [-0.1, -0.05) is 24.3 Å². The molecule has 2 aromatic rings. The van der Waals surface area contributed by atoms with Gasteiger partial charge in [0, 0.05) is 23.6 Å². The van der Waals surface area contributed by atoms with Gasteiger partial charge in [0.25, 0.3) is 0 Å². The van der Waals surface area contributed by atoms with Crippen molar-refractivity contribution >= 4 is 17.6 Å². The highest BCUT2D eigenvalue weighted by atomic mass is 16.5. The third kappa shape index (κ3) is 3.07. The Bertz CT molecular complexity index is 972. The molecule has 0 fully saturated rings. The number of carbonyl (C=O) groups excluding carboxylic acids is 2. The second-order valence-corrected chi connectivity index (χ2v) is 7.24. The van der Waals surface area contributed by atoms with Crippen LogP contribution in [0.2, 0.25) is 0 Å². The van der Waals surface area contributed by atoms with Crippen LogP contribution in [-0.4, -0.2) is 25.1 Å². The molecule has 2 aliphatic heterocycles. The molecule has 5 heteroatoms. The van der Waals surface area contributed by atoms with Crippen LogP contribution in [0.4, 0.5) is 5.69 Å². The zero-order chi connectivity index (χ0) is 19.8. The maximum absolute atomic E-state index is 13.2. The van der Waals surface area contributed by atoms with Gasteiger partial charge in [-0.3, -0.25) is 9.69 Å². The smallest absolute Gasteiger partial charge is 0.336 e. The number of amides is 1. The molecule has 0 saturated carbocycles. The number of benzene rings is 2. The van der Waals surface area contributed by atoms with Crippen LogP contribution in [0.1, 0.15) is 36.0 Å². The molecule has 0 spiro atoms. The molecule has 28 heavy (non-hydrogen) atoms. The van der Waals surface area contributed by atoms with Crippen LogP contribution in [0.25, 0.3) is 0 Å². The highest BCUT2D eigenvalue weighted by Gasteiger charge is 2.43. The average Bonchev–Trinajstić information content (AvgIpc) is 3.02. The Balaban J connectivity index is 1.85. The van der Waals surface area contributed by atoms with Gasteiger partial charge in [-0.15, -0.1) is 0 Å². The number of hydrogen-bond acceptors (Lipinski definition) is 4. The number of anilines is 1. The first-order valence-electron chi connectivity index (χ1n) is 9.52. The summed E-state index contributed by atoms with van der Waals surface area (Å²) < 4.78 is 11.1. The third-order valence-corrected chi connectivity index (χ3v) is 5.18. The lowest BCUT2D eigenvalue weighted by molar-refractivity contribution is -0.136. The van der Waals surface area contributed by atoms with Gasteiger partial charge in [-0.2, -0.15) is 0 Å². The summed E-state index contributed by atoms with van der Waals surface area (Å²) >= 11 is 0. The number of aryl methyl sites for hydroxylation is 2. The monoisotopic (exact) mass is 377 g/mol. The van der Waals surface area contributed by atoms with Crippen molar-refractivity contribution < 1.29 is 19.1 Å². The Morgan fingerprint density at radius 3 is 2.54 bits per heavy atom. The molecule has 2 aliphatic rings. The SMILES string of the molecule is CCOc1ccccc1[C@H]1CC(=O)N(c2cc(C)cc(C)c2)C2=C1C(=O)OC2. The van der Waals surface area contributed by atoms with E-state index in [-0.39, 0.29) is 30.8 Å². The summed E-state index contributed by atoms with van der Waals surface area (Å²) in [5, 5.41) is 0. The van der Waals surface area contributed by atoms with E-state index in [0.29, 0.717) is 23.6 Å². The predicted molar refractivity (Wildman–Crippen MR) is 106 cm³/mol. The lowest BCUT2D eigenvalue weighted by Crippen LogP contribution is -2.37. The molecule has 0 aliphatic carbocycles. The summed E-state index contributed by atoms with van der Waals surface area (Å²) in [6.07, 6.45) is 0.199. The van der Waals surface area contributed by atoms with E-state index in [1.807, 2.05) is 57.2 Å². The van der Waals surface area contributed by atoms with Crippen molar-refractivity contribution in [3.63, 3.8) is 0 Å². The van der Waals surface area contributed by atoms with Crippen LogP contribution < -0.4 is 9.64 Å². The molecule has 0 aromatic heterocycles. The number of nitrogens with zero attached hydrogens (tertiary/aromatic N) is 1. The van der Waals surface area contributed by atoms with E-state index in [1.165, 1.54) is 0 Å². The van der Waals surface area contributed by atoms with Crippen LogP contribution in [0, 0.1) is 13.8 Å². The Hall–Kier alpha value is -3.08. The normalized spacial score (nSPS) is 19.0. The first-order chi connectivity index (χ1) is 13.5. The highest BCUT2D eigenvalue weighted by Crippen LogP contribution is 2.44. The minimum atomic E-state index is -0.359. The van der Waals surface area contributed by atoms with Gasteiger partial charge in [0.15, 0.2) is 0 Å². The molecule has 1 amide bonds. The number of para-hydroxylation sites is 1.